The Morgan fingerprint density at radius 2 is 2.14 bits per heavy atom. The van der Waals surface area contributed by atoms with Crippen LogP contribution < -0.4 is 9.64 Å². The molecule has 0 saturated carbocycles. The molecule has 2 heterocycles. The molecular formula is C15H20N2O4. The molecule has 0 N–H and O–H groups in total. The van der Waals surface area contributed by atoms with Crippen molar-refractivity contribution in [2.45, 2.75) is 6.23 Å². The average molecular weight is 292 g/mol. The first kappa shape index (κ1) is 14.2. The molecule has 1 aromatic rings. The van der Waals surface area contributed by atoms with E-state index < -0.39 is 0 Å². The summed E-state index contributed by atoms with van der Waals surface area (Å²) in [6.45, 7) is 4.22. The van der Waals surface area contributed by atoms with Crippen LogP contribution in [0.2, 0.25) is 0 Å². The third-order valence-corrected chi connectivity index (χ3v) is 3.97. The molecule has 1 atom stereocenters. The van der Waals surface area contributed by atoms with Crippen molar-refractivity contribution in [2.24, 2.45) is 0 Å². The maximum absolute atomic E-state index is 11.6. The van der Waals surface area contributed by atoms with Crippen molar-refractivity contribution in [3.8, 4) is 5.75 Å². The lowest BCUT2D eigenvalue weighted by molar-refractivity contribution is 0.0221. The topological polar surface area (TPSA) is 51.2 Å². The number of likely N-dealkylation sites (N-methyl/N-ethyl adjacent to an activating group) is 1. The maximum Gasteiger partial charge on any atom is 0.337 e. The highest BCUT2D eigenvalue weighted by atomic mass is 16.5. The van der Waals surface area contributed by atoms with E-state index in [1.807, 2.05) is 19.2 Å². The van der Waals surface area contributed by atoms with Crippen molar-refractivity contribution in [2.75, 3.05) is 51.9 Å². The fourth-order valence-corrected chi connectivity index (χ4v) is 2.68. The van der Waals surface area contributed by atoms with E-state index in [0.29, 0.717) is 5.56 Å². The number of benzene rings is 1. The highest BCUT2D eigenvalue weighted by molar-refractivity contribution is 5.91. The molecule has 2 aliphatic rings. The quantitative estimate of drug-likeness (QED) is 0.774. The Hall–Kier alpha value is -1.79. The molecule has 1 unspecified atom stereocenters. The van der Waals surface area contributed by atoms with E-state index in [4.69, 9.17) is 14.2 Å². The lowest BCUT2D eigenvalue weighted by Crippen LogP contribution is -2.46. The fraction of sp³-hybridized carbons (Fsp3) is 0.533. The third kappa shape index (κ3) is 2.82. The molecular weight excluding hydrogens is 272 g/mol. The van der Waals surface area contributed by atoms with Gasteiger partial charge in [0, 0.05) is 20.1 Å². The highest BCUT2D eigenvalue weighted by Crippen LogP contribution is 2.37. The number of hydrogen-bond acceptors (Lipinski definition) is 6. The predicted molar refractivity (Wildman–Crippen MR) is 77.9 cm³/mol. The smallest absolute Gasteiger partial charge is 0.337 e. The summed E-state index contributed by atoms with van der Waals surface area (Å²) in [7, 11) is 3.37. The number of rotatable bonds is 3. The Balaban J connectivity index is 1.72. The number of fused-ring (bicyclic) bond motifs is 1. The summed E-state index contributed by atoms with van der Waals surface area (Å²) in [6, 6.07) is 5.38. The average Bonchev–Trinajstić information content (AvgIpc) is 2.83. The van der Waals surface area contributed by atoms with E-state index >= 15 is 0 Å². The summed E-state index contributed by atoms with van der Waals surface area (Å²) in [4.78, 5) is 16.0. The van der Waals surface area contributed by atoms with Gasteiger partial charge in [-0.1, -0.05) is 0 Å². The van der Waals surface area contributed by atoms with Gasteiger partial charge < -0.3 is 19.1 Å². The zero-order chi connectivity index (χ0) is 14.8. The Labute approximate surface area is 124 Å². The SMILES string of the molecule is COC(=O)c1ccc2c(c1)N(C)C(CN1CCOCC1)O2. The molecule has 1 saturated heterocycles. The van der Waals surface area contributed by atoms with Crippen LogP contribution in [-0.2, 0) is 9.47 Å². The standard InChI is InChI=1S/C15H20N2O4/c1-16-12-9-11(15(18)19-2)3-4-13(12)21-14(16)10-17-5-7-20-8-6-17/h3-4,9,14H,5-8,10H2,1-2H3. The van der Waals surface area contributed by atoms with Crippen LogP contribution in [0.25, 0.3) is 0 Å². The van der Waals surface area contributed by atoms with Crippen LogP contribution in [0.15, 0.2) is 18.2 Å². The minimum atomic E-state index is -0.331. The van der Waals surface area contributed by atoms with Gasteiger partial charge in [0.2, 0.25) is 0 Å². The van der Waals surface area contributed by atoms with Gasteiger partial charge in [0.1, 0.15) is 5.75 Å². The zero-order valence-corrected chi connectivity index (χ0v) is 12.4. The number of anilines is 1. The molecule has 3 rings (SSSR count). The second-order valence-corrected chi connectivity index (χ2v) is 5.27. The first-order chi connectivity index (χ1) is 10.2. The van der Waals surface area contributed by atoms with Gasteiger partial charge in [0.25, 0.3) is 0 Å². The maximum atomic E-state index is 11.6. The Kier molecular flexibility index (Phi) is 3.98. The molecule has 1 fully saturated rings. The highest BCUT2D eigenvalue weighted by Gasteiger charge is 2.30. The second-order valence-electron chi connectivity index (χ2n) is 5.27. The number of hydrogen-bond donors (Lipinski definition) is 0. The summed E-state index contributed by atoms with van der Waals surface area (Å²) in [5.41, 5.74) is 1.47. The molecule has 0 radical (unpaired) electrons. The molecule has 114 valence electrons. The van der Waals surface area contributed by atoms with E-state index in [2.05, 4.69) is 9.80 Å². The summed E-state index contributed by atoms with van der Waals surface area (Å²) in [6.07, 6.45) is -0.0361. The van der Waals surface area contributed by atoms with Crippen molar-refractivity contribution >= 4 is 11.7 Å². The van der Waals surface area contributed by atoms with E-state index in [0.717, 1.165) is 44.3 Å². The molecule has 1 aromatic carbocycles. The molecule has 0 aromatic heterocycles. The Bertz CT molecular complexity index is 528. The van der Waals surface area contributed by atoms with Crippen molar-refractivity contribution in [3.05, 3.63) is 23.8 Å². The van der Waals surface area contributed by atoms with Gasteiger partial charge >= 0.3 is 5.97 Å². The molecule has 6 heteroatoms. The number of esters is 1. The molecule has 2 aliphatic heterocycles. The summed E-state index contributed by atoms with van der Waals surface area (Å²) in [5.74, 6) is 0.478. The number of methoxy groups -OCH3 is 1. The number of carbonyl (C=O) groups excluding carboxylic acids is 1. The monoisotopic (exact) mass is 292 g/mol. The first-order valence-electron chi connectivity index (χ1n) is 7.11. The van der Waals surface area contributed by atoms with E-state index in [1.165, 1.54) is 7.11 Å². The van der Waals surface area contributed by atoms with Crippen molar-refractivity contribution in [3.63, 3.8) is 0 Å². The van der Waals surface area contributed by atoms with Crippen molar-refractivity contribution in [1.82, 2.24) is 4.90 Å². The zero-order valence-electron chi connectivity index (χ0n) is 12.4. The molecule has 21 heavy (non-hydrogen) atoms. The number of ether oxygens (including phenoxy) is 3. The van der Waals surface area contributed by atoms with Gasteiger partial charge in [-0.25, -0.2) is 4.79 Å². The van der Waals surface area contributed by atoms with E-state index in [1.54, 1.807) is 6.07 Å². The molecule has 0 aliphatic carbocycles. The van der Waals surface area contributed by atoms with Gasteiger partial charge in [-0.05, 0) is 18.2 Å². The first-order valence-corrected chi connectivity index (χ1v) is 7.11. The molecule has 6 nitrogen and oxygen atoms in total. The van der Waals surface area contributed by atoms with E-state index in [-0.39, 0.29) is 12.2 Å². The summed E-state index contributed by atoms with van der Waals surface area (Å²) < 4.78 is 16.1. The van der Waals surface area contributed by atoms with E-state index in [9.17, 15) is 4.79 Å². The Morgan fingerprint density at radius 1 is 1.38 bits per heavy atom. The van der Waals surface area contributed by atoms with Crippen molar-refractivity contribution in [1.29, 1.82) is 0 Å². The van der Waals surface area contributed by atoms with Crippen LogP contribution in [0.3, 0.4) is 0 Å². The largest absolute Gasteiger partial charge is 0.467 e. The second kappa shape index (κ2) is 5.91. The van der Waals surface area contributed by atoms with Gasteiger partial charge in [-0.2, -0.15) is 0 Å². The van der Waals surface area contributed by atoms with Crippen LogP contribution in [0.5, 0.6) is 5.75 Å². The summed E-state index contributed by atoms with van der Waals surface area (Å²) >= 11 is 0. The van der Waals surface area contributed by atoms with Crippen LogP contribution in [0.1, 0.15) is 10.4 Å². The van der Waals surface area contributed by atoms with Gasteiger partial charge in [-0.15, -0.1) is 0 Å². The normalized spacial score (nSPS) is 21.8. The fourth-order valence-electron chi connectivity index (χ4n) is 2.68. The van der Waals surface area contributed by atoms with Crippen LogP contribution >= 0.6 is 0 Å². The minimum absolute atomic E-state index is 0.0361. The number of nitrogens with zero attached hydrogens (tertiary/aromatic N) is 2. The van der Waals surface area contributed by atoms with Crippen LogP contribution in [-0.4, -0.2) is 64.1 Å². The van der Waals surface area contributed by atoms with Gasteiger partial charge in [-0.3, -0.25) is 4.90 Å². The number of morpholine rings is 1. The predicted octanol–water partition coefficient (Wildman–Crippen LogP) is 0.960. The minimum Gasteiger partial charge on any atom is -0.467 e. The van der Waals surface area contributed by atoms with Crippen molar-refractivity contribution < 1.29 is 19.0 Å². The summed E-state index contributed by atoms with van der Waals surface area (Å²) in [5, 5.41) is 0. The lowest BCUT2D eigenvalue weighted by atomic mass is 10.2. The third-order valence-electron chi connectivity index (χ3n) is 3.97. The van der Waals surface area contributed by atoms with Crippen LogP contribution in [0.4, 0.5) is 5.69 Å². The molecule has 0 amide bonds. The Morgan fingerprint density at radius 3 is 2.86 bits per heavy atom. The lowest BCUT2D eigenvalue weighted by Gasteiger charge is -2.31. The van der Waals surface area contributed by atoms with Gasteiger partial charge in [0.15, 0.2) is 6.23 Å². The molecule has 0 bridgehead atoms. The molecule has 0 spiro atoms. The number of carbonyl (C=O) groups is 1. The van der Waals surface area contributed by atoms with Gasteiger partial charge in [0.05, 0.1) is 38.1 Å². The van der Waals surface area contributed by atoms with Crippen LogP contribution in [0, 0.1) is 0 Å².